The molecule has 0 saturated carbocycles. The molecule has 0 radical (unpaired) electrons. The molecule has 5 nitrogen and oxygen atoms in total. The van der Waals surface area contributed by atoms with Crippen LogP contribution in [0.5, 0.6) is 0 Å². The van der Waals surface area contributed by atoms with Gasteiger partial charge in [-0.05, 0) is 0 Å². The smallest absolute Gasteiger partial charge is 0.384 e. The number of aromatic nitrogens is 2. The topological polar surface area (TPSA) is 83.8 Å². The molecule has 0 atom stereocenters. The molecule has 0 saturated heterocycles. The van der Waals surface area contributed by atoms with Gasteiger partial charge >= 0.3 is 6.18 Å². The van der Waals surface area contributed by atoms with Crippen molar-refractivity contribution in [2.45, 2.75) is 19.1 Å². The monoisotopic (exact) mass is 222 g/mol. The summed E-state index contributed by atoms with van der Waals surface area (Å²) in [6.45, 7) is -0.0722. The number of nitrogens with zero attached hydrogens (tertiary/aromatic N) is 1. The molecule has 0 aliphatic carbocycles. The van der Waals surface area contributed by atoms with E-state index in [1.807, 2.05) is 0 Å². The maximum absolute atomic E-state index is 11.7. The highest BCUT2D eigenvalue weighted by Crippen LogP contribution is 2.19. The molecule has 1 rings (SSSR count). The van der Waals surface area contributed by atoms with Crippen molar-refractivity contribution in [3.8, 4) is 0 Å². The molecule has 1 heterocycles. The summed E-state index contributed by atoms with van der Waals surface area (Å²) in [5.74, 6) is -0.870. The third-order valence-corrected chi connectivity index (χ3v) is 1.59. The highest BCUT2D eigenvalue weighted by molar-refractivity contribution is 5.76. The Bertz CT molecular complexity index is 346. The van der Waals surface area contributed by atoms with Crippen LogP contribution in [-0.4, -0.2) is 22.3 Å². The number of anilines is 1. The van der Waals surface area contributed by atoms with Gasteiger partial charge in [0.2, 0.25) is 5.91 Å². The quantitative estimate of drug-likeness (QED) is 0.698. The summed E-state index contributed by atoms with van der Waals surface area (Å²) >= 11 is 0. The van der Waals surface area contributed by atoms with Gasteiger partial charge in [-0.2, -0.15) is 18.3 Å². The van der Waals surface area contributed by atoms with Gasteiger partial charge in [0.1, 0.15) is 12.2 Å². The van der Waals surface area contributed by atoms with Gasteiger partial charge in [-0.15, -0.1) is 0 Å². The molecule has 0 spiro atoms. The number of aromatic amines is 1. The van der Waals surface area contributed by atoms with E-state index in [2.05, 4.69) is 15.5 Å². The fourth-order valence-electron chi connectivity index (χ4n) is 0.900. The molecular weight excluding hydrogens is 213 g/mol. The van der Waals surface area contributed by atoms with Crippen LogP contribution < -0.4 is 11.1 Å². The van der Waals surface area contributed by atoms with Gasteiger partial charge in [0, 0.05) is 12.1 Å². The van der Waals surface area contributed by atoms with E-state index >= 15 is 0 Å². The van der Waals surface area contributed by atoms with Crippen LogP contribution in [0.2, 0.25) is 0 Å². The van der Waals surface area contributed by atoms with Crippen molar-refractivity contribution in [3.63, 3.8) is 0 Å². The second-order valence-electron chi connectivity index (χ2n) is 2.88. The first-order chi connectivity index (χ1) is 6.88. The Kier molecular flexibility index (Phi) is 3.17. The van der Waals surface area contributed by atoms with E-state index in [1.54, 1.807) is 0 Å². The molecule has 1 aromatic rings. The van der Waals surface area contributed by atoms with Crippen molar-refractivity contribution >= 4 is 11.7 Å². The molecule has 4 N–H and O–H groups in total. The zero-order valence-electron chi connectivity index (χ0n) is 7.56. The first-order valence-corrected chi connectivity index (χ1v) is 3.99. The number of nitrogens with two attached hydrogens (primary N) is 1. The number of carbonyl (C=O) groups excluding carboxylic acids is 1. The second kappa shape index (κ2) is 4.20. The van der Waals surface area contributed by atoms with Gasteiger partial charge in [-0.1, -0.05) is 0 Å². The number of nitrogen functional groups attached to an aromatic ring is 1. The Labute approximate surface area is 82.8 Å². The van der Waals surface area contributed by atoms with Gasteiger partial charge in [-0.3, -0.25) is 9.89 Å². The van der Waals surface area contributed by atoms with Crippen molar-refractivity contribution in [1.82, 2.24) is 15.5 Å². The van der Waals surface area contributed by atoms with Gasteiger partial charge < -0.3 is 11.1 Å². The van der Waals surface area contributed by atoms with E-state index in [9.17, 15) is 18.0 Å². The van der Waals surface area contributed by atoms with Gasteiger partial charge in [0.05, 0.1) is 6.20 Å². The van der Waals surface area contributed by atoms with E-state index in [4.69, 9.17) is 5.73 Å². The van der Waals surface area contributed by atoms with Gasteiger partial charge in [0.25, 0.3) is 0 Å². The maximum atomic E-state index is 11.7. The summed E-state index contributed by atoms with van der Waals surface area (Å²) in [6, 6.07) is 0. The van der Waals surface area contributed by atoms with Crippen molar-refractivity contribution in [1.29, 1.82) is 0 Å². The minimum atomic E-state index is -4.49. The summed E-state index contributed by atoms with van der Waals surface area (Å²) < 4.78 is 35.2. The number of rotatable bonds is 3. The number of hydrogen-bond donors (Lipinski definition) is 3. The number of hydrogen-bond acceptors (Lipinski definition) is 3. The SMILES string of the molecule is Nc1[nH]ncc1CNC(=O)CC(F)(F)F. The van der Waals surface area contributed by atoms with Crippen LogP contribution in [0.25, 0.3) is 0 Å². The van der Waals surface area contributed by atoms with Gasteiger partial charge in [-0.25, -0.2) is 0 Å². The highest BCUT2D eigenvalue weighted by atomic mass is 19.4. The average Bonchev–Trinajstić information content (AvgIpc) is 2.44. The van der Waals surface area contributed by atoms with Crippen LogP contribution in [0.3, 0.4) is 0 Å². The Balaban J connectivity index is 2.38. The summed E-state index contributed by atoms with van der Waals surface area (Å²) in [6.07, 6.45) is -4.65. The first-order valence-electron chi connectivity index (χ1n) is 3.99. The van der Waals surface area contributed by atoms with Crippen LogP contribution in [0.4, 0.5) is 19.0 Å². The Morgan fingerprint density at radius 1 is 1.60 bits per heavy atom. The predicted octanol–water partition coefficient (Wildman–Crippen LogP) is 0.560. The zero-order chi connectivity index (χ0) is 11.5. The number of halogens is 3. The average molecular weight is 222 g/mol. The third-order valence-electron chi connectivity index (χ3n) is 1.59. The third kappa shape index (κ3) is 3.88. The number of carbonyl (C=O) groups is 1. The Morgan fingerprint density at radius 3 is 2.73 bits per heavy atom. The normalized spacial score (nSPS) is 11.4. The summed E-state index contributed by atoms with van der Waals surface area (Å²) in [5.41, 5.74) is 5.81. The van der Waals surface area contributed by atoms with Crippen molar-refractivity contribution in [2.75, 3.05) is 5.73 Å². The van der Waals surface area contributed by atoms with E-state index in [0.717, 1.165) is 0 Å². The first kappa shape index (κ1) is 11.3. The van der Waals surface area contributed by atoms with Gasteiger partial charge in [0.15, 0.2) is 0 Å². The Hall–Kier alpha value is -1.73. The van der Waals surface area contributed by atoms with Crippen LogP contribution in [0.1, 0.15) is 12.0 Å². The Morgan fingerprint density at radius 2 is 2.27 bits per heavy atom. The lowest BCUT2D eigenvalue weighted by Crippen LogP contribution is -2.28. The number of H-pyrrole nitrogens is 1. The maximum Gasteiger partial charge on any atom is 0.397 e. The van der Waals surface area contributed by atoms with E-state index in [-0.39, 0.29) is 12.4 Å². The van der Waals surface area contributed by atoms with Crippen molar-refractivity contribution in [2.24, 2.45) is 0 Å². The number of alkyl halides is 3. The molecule has 0 aliphatic heterocycles. The molecule has 84 valence electrons. The molecule has 15 heavy (non-hydrogen) atoms. The minimum Gasteiger partial charge on any atom is -0.384 e. The lowest BCUT2D eigenvalue weighted by molar-refractivity contribution is -0.153. The zero-order valence-corrected chi connectivity index (χ0v) is 7.56. The van der Waals surface area contributed by atoms with Crippen LogP contribution in [0.15, 0.2) is 6.20 Å². The minimum absolute atomic E-state index is 0.0722. The molecule has 0 aromatic carbocycles. The van der Waals surface area contributed by atoms with Crippen LogP contribution >= 0.6 is 0 Å². The summed E-state index contributed by atoms with van der Waals surface area (Å²) in [7, 11) is 0. The lowest BCUT2D eigenvalue weighted by Gasteiger charge is -2.06. The lowest BCUT2D eigenvalue weighted by atomic mass is 10.3. The standard InChI is InChI=1S/C7H9F3N4O/c8-7(9,10)1-5(15)12-2-4-3-13-14-6(4)11/h3H,1-2H2,(H,12,15)(H3,11,13,14). The largest absolute Gasteiger partial charge is 0.397 e. The van der Waals surface area contributed by atoms with E-state index < -0.39 is 18.5 Å². The second-order valence-corrected chi connectivity index (χ2v) is 2.88. The fourth-order valence-corrected chi connectivity index (χ4v) is 0.900. The molecule has 1 amide bonds. The molecule has 0 unspecified atom stereocenters. The summed E-state index contributed by atoms with van der Waals surface area (Å²) in [5, 5.41) is 8.03. The highest BCUT2D eigenvalue weighted by Gasteiger charge is 2.30. The van der Waals surface area contributed by atoms with Crippen LogP contribution in [0, 0.1) is 0 Å². The van der Waals surface area contributed by atoms with E-state index in [1.165, 1.54) is 6.20 Å². The molecule has 8 heteroatoms. The summed E-state index contributed by atoms with van der Waals surface area (Å²) in [4.78, 5) is 10.8. The predicted molar refractivity (Wildman–Crippen MR) is 45.5 cm³/mol. The number of amides is 1. The number of nitrogens with one attached hydrogen (secondary N) is 2. The van der Waals surface area contributed by atoms with Crippen molar-refractivity contribution in [3.05, 3.63) is 11.8 Å². The van der Waals surface area contributed by atoms with E-state index in [0.29, 0.717) is 5.56 Å². The van der Waals surface area contributed by atoms with Crippen molar-refractivity contribution < 1.29 is 18.0 Å². The molecule has 0 fully saturated rings. The molecule has 1 aromatic heterocycles. The fraction of sp³-hybridized carbons (Fsp3) is 0.429. The molecule has 0 bridgehead atoms. The molecular formula is C7H9F3N4O. The molecule has 0 aliphatic rings. The van der Waals surface area contributed by atoms with Crippen LogP contribution in [-0.2, 0) is 11.3 Å².